The zero-order valence-electron chi connectivity index (χ0n) is 19.7. The Balaban J connectivity index is 1.52. The van der Waals surface area contributed by atoms with Crippen molar-refractivity contribution in [2.45, 2.75) is 18.9 Å². The minimum atomic E-state index is -0.117. The quantitative estimate of drug-likeness (QED) is 0.696. The molecule has 0 radical (unpaired) electrons. The van der Waals surface area contributed by atoms with E-state index in [1.54, 1.807) is 26.2 Å². The van der Waals surface area contributed by atoms with Gasteiger partial charge in [-0.1, -0.05) is 0 Å². The average Bonchev–Trinajstić information content (AvgIpc) is 2.82. The fraction of sp³-hybridized carbons (Fsp3) is 0.375. The average molecular weight is 462 g/mol. The summed E-state index contributed by atoms with van der Waals surface area (Å²) in [6, 6.07) is 9.47. The number of nitrogens with one attached hydrogen (secondary N) is 1. The van der Waals surface area contributed by atoms with E-state index < -0.39 is 0 Å². The number of hydrogen-bond acceptors (Lipinski definition) is 9. The number of hydrogen-bond donors (Lipinski definition) is 1. The Bertz CT molecular complexity index is 1190. The van der Waals surface area contributed by atoms with E-state index in [1.807, 2.05) is 19.2 Å². The van der Waals surface area contributed by atoms with Gasteiger partial charge in [-0.05, 0) is 31.7 Å². The molecule has 1 saturated heterocycles. The first kappa shape index (κ1) is 23.2. The van der Waals surface area contributed by atoms with Gasteiger partial charge in [-0.3, -0.25) is 9.69 Å². The van der Waals surface area contributed by atoms with Crippen molar-refractivity contribution < 1.29 is 14.3 Å². The van der Waals surface area contributed by atoms with Crippen LogP contribution in [0.4, 0.5) is 5.82 Å². The highest BCUT2D eigenvalue weighted by Gasteiger charge is 2.26. The molecule has 2 aliphatic rings. The van der Waals surface area contributed by atoms with Crippen LogP contribution >= 0.6 is 0 Å². The molecule has 0 bridgehead atoms. The molecular formula is C24H27N7O3. The number of aromatic nitrogens is 2. The van der Waals surface area contributed by atoms with E-state index in [-0.39, 0.29) is 12.0 Å². The van der Waals surface area contributed by atoms with Crippen LogP contribution in [-0.4, -0.2) is 79.0 Å². The second-order valence-corrected chi connectivity index (χ2v) is 8.44. The molecule has 2 aromatic rings. The molecule has 176 valence electrons. The summed E-state index contributed by atoms with van der Waals surface area (Å²) in [6.07, 6.45) is 2.61. The summed E-state index contributed by atoms with van der Waals surface area (Å²) < 4.78 is 11.3. The van der Waals surface area contributed by atoms with Crippen molar-refractivity contribution in [2.75, 3.05) is 46.7 Å². The van der Waals surface area contributed by atoms with Crippen LogP contribution < -0.4 is 10.1 Å². The van der Waals surface area contributed by atoms with Gasteiger partial charge in [0.05, 0.1) is 23.9 Å². The molecule has 4 rings (SSSR count). The van der Waals surface area contributed by atoms with Crippen LogP contribution in [0.5, 0.6) is 5.75 Å². The maximum absolute atomic E-state index is 12.3. The Morgan fingerprint density at radius 3 is 2.71 bits per heavy atom. The molecule has 0 atom stereocenters. The first-order valence-electron chi connectivity index (χ1n) is 10.9. The maximum atomic E-state index is 12.3. The van der Waals surface area contributed by atoms with Crippen LogP contribution in [0.2, 0.25) is 0 Å². The first-order chi connectivity index (χ1) is 16.4. The molecule has 0 saturated carbocycles. The SMILES string of the molecule is COC1=C(C(=O)N(C)C)CCC(Nc2cc(-c3ccc(OC4CN(C)C4)c(C#N)c3)ncn2)=N1. The number of anilines is 1. The Hall–Kier alpha value is -3.97. The zero-order valence-corrected chi connectivity index (χ0v) is 19.7. The lowest BCUT2D eigenvalue weighted by atomic mass is 10.1. The lowest BCUT2D eigenvalue weighted by molar-refractivity contribution is -0.125. The number of benzene rings is 1. The number of amides is 1. The predicted octanol–water partition coefficient (Wildman–Crippen LogP) is 2.26. The van der Waals surface area contributed by atoms with Crippen molar-refractivity contribution in [3.05, 3.63) is 47.6 Å². The Labute approximate surface area is 198 Å². The Kier molecular flexibility index (Phi) is 6.75. The van der Waals surface area contributed by atoms with Crippen molar-refractivity contribution in [3.63, 3.8) is 0 Å². The maximum Gasteiger partial charge on any atom is 0.254 e. The number of likely N-dealkylation sites (tertiary alicyclic amines) is 1. The van der Waals surface area contributed by atoms with Gasteiger partial charge in [0.2, 0.25) is 5.88 Å². The largest absolute Gasteiger partial charge is 0.486 e. The zero-order chi connectivity index (χ0) is 24.2. The highest BCUT2D eigenvalue weighted by Crippen LogP contribution is 2.28. The van der Waals surface area contributed by atoms with E-state index in [0.717, 1.165) is 18.7 Å². The number of likely N-dealkylation sites (N-methyl/N-ethyl adjacent to an activating group) is 2. The molecule has 1 N–H and O–H groups in total. The monoisotopic (exact) mass is 461 g/mol. The van der Waals surface area contributed by atoms with Crippen LogP contribution in [-0.2, 0) is 9.53 Å². The van der Waals surface area contributed by atoms with E-state index in [0.29, 0.717) is 53.0 Å². The van der Waals surface area contributed by atoms with Gasteiger partial charge in [-0.2, -0.15) is 10.3 Å². The third kappa shape index (κ3) is 5.00. The van der Waals surface area contributed by atoms with Gasteiger partial charge in [0.25, 0.3) is 5.91 Å². The minimum Gasteiger partial charge on any atom is -0.486 e. The fourth-order valence-corrected chi connectivity index (χ4v) is 3.83. The van der Waals surface area contributed by atoms with Gasteiger partial charge in [0, 0.05) is 45.2 Å². The molecular weight excluding hydrogens is 434 g/mol. The number of ether oxygens (including phenoxy) is 2. The number of rotatable bonds is 6. The molecule has 0 unspecified atom stereocenters. The number of aliphatic imine (C=N–C) groups is 1. The molecule has 0 aliphatic carbocycles. The summed E-state index contributed by atoms with van der Waals surface area (Å²) in [4.78, 5) is 29.1. The second kappa shape index (κ2) is 9.89. The van der Waals surface area contributed by atoms with Crippen molar-refractivity contribution in [2.24, 2.45) is 4.99 Å². The number of methoxy groups -OCH3 is 1. The number of amidine groups is 1. The van der Waals surface area contributed by atoms with Crippen LogP contribution in [0.25, 0.3) is 11.3 Å². The van der Waals surface area contributed by atoms with E-state index in [4.69, 9.17) is 9.47 Å². The van der Waals surface area contributed by atoms with Gasteiger partial charge in [-0.15, -0.1) is 0 Å². The highest BCUT2D eigenvalue weighted by molar-refractivity contribution is 6.00. The summed E-state index contributed by atoms with van der Waals surface area (Å²) in [5, 5.41) is 12.8. The number of nitriles is 1. The van der Waals surface area contributed by atoms with Crippen molar-refractivity contribution >= 4 is 17.6 Å². The topological polar surface area (TPSA) is 116 Å². The number of nitrogens with zero attached hydrogens (tertiary/aromatic N) is 6. The molecule has 3 heterocycles. The predicted molar refractivity (Wildman–Crippen MR) is 127 cm³/mol. The van der Waals surface area contributed by atoms with Crippen LogP contribution in [0.1, 0.15) is 18.4 Å². The second-order valence-electron chi connectivity index (χ2n) is 8.44. The van der Waals surface area contributed by atoms with Gasteiger partial charge in [-0.25, -0.2) is 9.97 Å². The van der Waals surface area contributed by atoms with E-state index >= 15 is 0 Å². The van der Waals surface area contributed by atoms with Crippen LogP contribution in [0, 0.1) is 11.3 Å². The number of carbonyl (C=O) groups excluding carboxylic acids is 1. The van der Waals surface area contributed by atoms with E-state index in [9.17, 15) is 10.1 Å². The Morgan fingerprint density at radius 2 is 2.03 bits per heavy atom. The third-order valence-electron chi connectivity index (χ3n) is 5.62. The van der Waals surface area contributed by atoms with Gasteiger partial charge < -0.3 is 19.7 Å². The number of carbonyl (C=O) groups is 1. The molecule has 10 nitrogen and oxygen atoms in total. The lowest BCUT2D eigenvalue weighted by Gasteiger charge is -2.36. The molecule has 1 fully saturated rings. The summed E-state index contributed by atoms with van der Waals surface area (Å²) >= 11 is 0. The lowest BCUT2D eigenvalue weighted by Crippen LogP contribution is -2.51. The van der Waals surface area contributed by atoms with Gasteiger partial charge >= 0.3 is 0 Å². The van der Waals surface area contributed by atoms with E-state index in [1.165, 1.54) is 18.3 Å². The Morgan fingerprint density at radius 1 is 1.24 bits per heavy atom. The molecule has 2 aliphatic heterocycles. The van der Waals surface area contributed by atoms with Crippen LogP contribution in [0.3, 0.4) is 0 Å². The standard InChI is InChI=1S/C24H27N7O3/c1-30(2)24(32)18-6-8-21(29-23(18)33-4)28-22-10-19(26-14-27-22)15-5-7-20(16(9-15)11-25)34-17-12-31(3)13-17/h5,7,9-10,14,17H,6,8,12-13H2,1-4H3,(H,26,27,28,29). The van der Waals surface area contributed by atoms with E-state index in [2.05, 4.69) is 31.2 Å². The fourth-order valence-electron chi connectivity index (χ4n) is 3.83. The molecule has 0 spiro atoms. The van der Waals surface area contributed by atoms with Crippen molar-refractivity contribution in [1.82, 2.24) is 19.8 Å². The normalized spacial score (nSPS) is 16.3. The highest BCUT2D eigenvalue weighted by atomic mass is 16.5. The minimum absolute atomic E-state index is 0.105. The molecule has 1 aromatic heterocycles. The molecule has 10 heteroatoms. The van der Waals surface area contributed by atoms with Crippen LogP contribution in [0.15, 0.2) is 47.0 Å². The molecule has 1 aromatic carbocycles. The smallest absolute Gasteiger partial charge is 0.254 e. The summed E-state index contributed by atoms with van der Waals surface area (Å²) in [6.45, 7) is 1.70. The van der Waals surface area contributed by atoms with Crippen molar-refractivity contribution in [3.8, 4) is 23.1 Å². The molecule has 34 heavy (non-hydrogen) atoms. The van der Waals surface area contributed by atoms with Gasteiger partial charge in [0.15, 0.2) is 0 Å². The molecule has 1 amide bonds. The summed E-state index contributed by atoms with van der Waals surface area (Å²) in [5.74, 6) is 1.96. The van der Waals surface area contributed by atoms with Crippen molar-refractivity contribution in [1.29, 1.82) is 5.26 Å². The summed E-state index contributed by atoms with van der Waals surface area (Å²) in [5.41, 5.74) is 2.44. The first-order valence-corrected chi connectivity index (χ1v) is 10.9. The third-order valence-corrected chi connectivity index (χ3v) is 5.62. The summed E-state index contributed by atoms with van der Waals surface area (Å²) in [7, 11) is 6.93. The van der Waals surface area contributed by atoms with Gasteiger partial charge in [0.1, 0.15) is 35.9 Å².